The van der Waals surface area contributed by atoms with Crippen molar-refractivity contribution in [2.24, 2.45) is 0 Å². The van der Waals surface area contributed by atoms with E-state index < -0.39 is 20.0 Å². The predicted molar refractivity (Wildman–Crippen MR) is 351 cm³/mol. The topological polar surface area (TPSA) is 111 Å². The molecular formula is C71H132N2O7P+. The van der Waals surface area contributed by atoms with Gasteiger partial charge in [-0.15, -0.1) is 0 Å². The summed E-state index contributed by atoms with van der Waals surface area (Å²) in [4.78, 5) is 37.9. The Balaban J connectivity index is 5.16. The second-order valence-corrected chi connectivity index (χ2v) is 25.8. The van der Waals surface area contributed by atoms with Crippen molar-refractivity contribution in [1.82, 2.24) is 5.32 Å². The van der Waals surface area contributed by atoms with Crippen LogP contribution in [0.25, 0.3) is 0 Å². The van der Waals surface area contributed by atoms with Crippen LogP contribution in [-0.2, 0) is 27.9 Å². The van der Waals surface area contributed by atoms with E-state index in [1.807, 2.05) is 33.3 Å². The highest BCUT2D eigenvalue weighted by Crippen LogP contribution is 2.43. The summed E-state index contributed by atoms with van der Waals surface area (Å²) in [5, 5.41) is 3.07. The van der Waals surface area contributed by atoms with Crippen molar-refractivity contribution in [3.8, 4) is 0 Å². The summed E-state index contributed by atoms with van der Waals surface area (Å²) >= 11 is 0. The minimum atomic E-state index is -4.46. The molecule has 0 bridgehead atoms. The van der Waals surface area contributed by atoms with E-state index in [0.717, 1.165) is 96.3 Å². The van der Waals surface area contributed by atoms with Crippen molar-refractivity contribution in [2.45, 2.75) is 328 Å². The molecule has 2 N–H and O–H groups in total. The fraction of sp³-hybridized carbons (Fsp3) is 0.803. The van der Waals surface area contributed by atoms with Crippen LogP contribution in [0.3, 0.4) is 0 Å². The molecule has 81 heavy (non-hydrogen) atoms. The number of likely N-dealkylation sites (N-methyl/N-ethyl adjacent to an activating group) is 1. The van der Waals surface area contributed by atoms with Gasteiger partial charge in [0.05, 0.1) is 33.8 Å². The van der Waals surface area contributed by atoms with Gasteiger partial charge in [0.15, 0.2) is 0 Å². The molecule has 3 unspecified atom stereocenters. The lowest BCUT2D eigenvalue weighted by Gasteiger charge is -2.27. The smallest absolute Gasteiger partial charge is 0.456 e. The fourth-order valence-corrected chi connectivity index (χ4v) is 10.5. The molecule has 0 aliphatic rings. The van der Waals surface area contributed by atoms with Crippen LogP contribution in [0.1, 0.15) is 316 Å². The molecule has 0 rings (SSSR count). The van der Waals surface area contributed by atoms with Crippen molar-refractivity contribution < 1.29 is 37.3 Å². The Hall–Kier alpha value is -2.55. The van der Waals surface area contributed by atoms with Crippen LogP contribution in [0.5, 0.6) is 0 Å². The van der Waals surface area contributed by atoms with Gasteiger partial charge in [-0.1, -0.05) is 274 Å². The number of carbonyl (C=O) groups is 2. The molecule has 0 saturated heterocycles. The number of nitrogens with one attached hydrogen (secondary N) is 1. The van der Waals surface area contributed by atoms with Gasteiger partial charge in [0.2, 0.25) is 5.91 Å². The largest absolute Gasteiger partial charge is 0.472 e. The van der Waals surface area contributed by atoms with Gasteiger partial charge in [0, 0.05) is 12.8 Å². The Morgan fingerprint density at radius 3 is 1.16 bits per heavy atom. The Morgan fingerprint density at radius 1 is 0.432 bits per heavy atom. The first-order valence-electron chi connectivity index (χ1n) is 34.3. The van der Waals surface area contributed by atoms with Crippen LogP contribution in [-0.4, -0.2) is 74.3 Å². The number of phosphoric acid groups is 1. The highest BCUT2D eigenvalue weighted by Gasteiger charge is 2.30. The number of hydrogen-bond donors (Lipinski definition) is 2. The summed E-state index contributed by atoms with van der Waals surface area (Å²) in [5.74, 6) is -0.510. The first kappa shape index (κ1) is 78.5. The van der Waals surface area contributed by atoms with E-state index in [0.29, 0.717) is 17.4 Å². The number of amides is 1. The Kier molecular flexibility index (Phi) is 58.7. The fourth-order valence-electron chi connectivity index (χ4n) is 9.80. The van der Waals surface area contributed by atoms with Crippen molar-refractivity contribution in [1.29, 1.82) is 0 Å². The number of ether oxygens (including phenoxy) is 1. The maximum Gasteiger partial charge on any atom is 0.472 e. The Labute approximate surface area is 502 Å². The van der Waals surface area contributed by atoms with E-state index in [1.54, 1.807) is 0 Å². The van der Waals surface area contributed by atoms with Crippen LogP contribution in [0.2, 0.25) is 0 Å². The van der Waals surface area contributed by atoms with E-state index in [9.17, 15) is 19.0 Å². The third-order valence-corrected chi connectivity index (χ3v) is 16.1. The Morgan fingerprint density at radius 2 is 0.753 bits per heavy atom. The molecule has 0 aliphatic carbocycles. The summed E-state index contributed by atoms with van der Waals surface area (Å²) in [5.41, 5.74) is 0. The van der Waals surface area contributed by atoms with E-state index in [-0.39, 0.29) is 31.5 Å². The van der Waals surface area contributed by atoms with Crippen LogP contribution in [0.15, 0.2) is 72.9 Å². The van der Waals surface area contributed by atoms with Gasteiger partial charge in [-0.05, 0) is 102 Å². The number of nitrogens with zero attached hydrogens (tertiary/aromatic N) is 1. The SMILES string of the molecule is CCCCC/C=C\C/C=C\C/C=C\C/C=C\CCCCCCCCCCCC(=O)NC(COP(=O)(O)OCC[N+](C)(C)C)C(/C=C\CCCCCCCCCCCCC)OC(=O)CCCCCCCCC/C=C/CCCCCCCC. The van der Waals surface area contributed by atoms with Crippen molar-refractivity contribution in [3.05, 3.63) is 72.9 Å². The van der Waals surface area contributed by atoms with Crippen LogP contribution >= 0.6 is 7.82 Å². The molecule has 0 aliphatic heterocycles. The normalized spacial score (nSPS) is 14.0. The molecule has 3 atom stereocenters. The molecule has 472 valence electrons. The van der Waals surface area contributed by atoms with Gasteiger partial charge < -0.3 is 19.4 Å². The van der Waals surface area contributed by atoms with E-state index >= 15 is 0 Å². The third-order valence-electron chi connectivity index (χ3n) is 15.1. The molecule has 0 aromatic carbocycles. The standard InChI is InChI=1S/C71H131N2O7P/c1-7-10-13-16-19-22-25-28-30-32-33-34-35-36-37-38-39-41-42-45-48-51-54-57-60-63-70(74)72-68(67-79-81(76,77)78-66-65-73(4,5)6)69(62-59-56-53-50-47-44-27-24-21-18-15-12-9-3)80-71(75)64-61-58-55-52-49-46-43-40-31-29-26-23-20-17-14-11-8-2/h19,22,28-31,33-34,36-37,59,62,68-69H,7-18,20-21,23-27,32,35,38-58,60-61,63-67H2,1-6H3,(H-,72,74,76,77)/p+1/b22-19-,30-28-,31-29+,34-33-,37-36-,62-59-. The van der Waals surface area contributed by atoms with Crippen LogP contribution in [0.4, 0.5) is 0 Å². The van der Waals surface area contributed by atoms with E-state index in [4.69, 9.17) is 13.8 Å². The molecule has 1 amide bonds. The summed E-state index contributed by atoms with van der Waals surface area (Å²) in [6, 6.07) is -0.856. The first-order chi connectivity index (χ1) is 39.4. The van der Waals surface area contributed by atoms with Gasteiger partial charge in [-0.3, -0.25) is 18.6 Å². The molecule has 0 aromatic heterocycles. The molecule has 0 aromatic rings. The number of rotatable bonds is 62. The molecule has 0 radical (unpaired) electrons. The summed E-state index contributed by atoms with van der Waals surface area (Å²) in [6.07, 6.45) is 79.0. The highest BCUT2D eigenvalue weighted by atomic mass is 31.2. The van der Waals surface area contributed by atoms with Gasteiger partial charge in [0.25, 0.3) is 0 Å². The maximum atomic E-state index is 13.6. The molecular weight excluding hydrogens is 1020 g/mol. The first-order valence-corrected chi connectivity index (χ1v) is 35.8. The van der Waals surface area contributed by atoms with Gasteiger partial charge in [-0.25, -0.2) is 4.57 Å². The third kappa shape index (κ3) is 61.8. The monoisotopic (exact) mass is 1160 g/mol. The van der Waals surface area contributed by atoms with Crippen LogP contribution < -0.4 is 5.32 Å². The average Bonchev–Trinajstić information content (AvgIpc) is 3.44. The summed E-state index contributed by atoms with van der Waals surface area (Å²) in [7, 11) is 1.49. The predicted octanol–water partition coefficient (Wildman–Crippen LogP) is 21.6. The van der Waals surface area contributed by atoms with Gasteiger partial charge in [-0.2, -0.15) is 0 Å². The van der Waals surface area contributed by atoms with E-state index in [2.05, 4.69) is 86.8 Å². The quantitative estimate of drug-likeness (QED) is 0.0205. The molecule has 0 spiro atoms. The number of allylic oxidation sites excluding steroid dienone is 11. The lowest BCUT2D eigenvalue weighted by molar-refractivity contribution is -0.870. The molecule has 10 heteroatoms. The molecule has 9 nitrogen and oxygen atoms in total. The lowest BCUT2D eigenvalue weighted by Crippen LogP contribution is -2.47. The second-order valence-electron chi connectivity index (χ2n) is 24.3. The van der Waals surface area contributed by atoms with Crippen molar-refractivity contribution in [2.75, 3.05) is 40.9 Å². The van der Waals surface area contributed by atoms with E-state index in [1.165, 1.54) is 186 Å². The maximum absolute atomic E-state index is 13.6. The number of quaternary nitrogens is 1. The van der Waals surface area contributed by atoms with Crippen molar-refractivity contribution in [3.63, 3.8) is 0 Å². The number of carbonyl (C=O) groups excluding carboxylic acids is 2. The second kappa shape index (κ2) is 60.6. The average molecular weight is 1160 g/mol. The minimum absolute atomic E-state index is 0.0367. The molecule has 0 heterocycles. The van der Waals surface area contributed by atoms with Crippen LogP contribution in [0, 0.1) is 0 Å². The van der Waals surface area contributed by atoms with Gasteiger partial charge >= 0.3 is 13.8 Å². The molecule has 0 fully saturated rings. The number of hydrogen-bond acceptors (Lipinski definition) is 6. The Bertz CT molecular complexity index is 1620. The zero-order valence-electron chi connectivity index (χ0n) is 54.0. The number of phosphoric ester groups is 1. The molecule has 0 saturated carbocycles. The summed E-state index contributed by atoms with van der Waals surface area (Å²) in [6.45, 7) is 7.00. The van der Waals surface area contributed by atoms with Crippen molar-refractivity contribution >= 4 is 19.7 Å². The minimum Gasteiger partial charge on any atom is -0.456 e. The zero-order chi connectivity index (χ0) is 59.3. The number of unbranched alkanes of at least 4 members (excludes halogenated alkanes) is 36. The lowest BCUT2D eigenvalue weighted by atomic mass is 10.0. The highest BCUT2D eigenvalue weighted by molar-refractivity contribution is 7.47. The number of esters is 1. The van der Waals surface area contributed by atoms with Gasteiger partial charge in [0.1, 0.15) is 19.3 Å². The zero-order valence-corrected chi connectivity index (χ0v) is 54.9. The summed E-state index contributed by atoms with van der Waals surface area (Å²) < 4.78 is 30.8.